The molecule has 20 heavy (non-hydrogen) atoms. The lowest BCUT2D eigenvalue weighted by molar-refractivity contribution is -0.142. The SMILES string of the molecule is CCCCCNC(=O)N1CCc2sccc2C1C(=O)O. The molecule has 2 rings (SSSR count). The first kappa shape index (κ1) is 14.8. The van der Waals surface area contributed by atoms with Crippen LogP contribution < -0.4 is 5.32 Å². The van der Waals surface area contributed by atoms with Crippen molar-refractivity contribution in [1.82, 2.24) is 10.2 Å². The average molecular weight is 296 g/mol. The summed E-state index contributed by atoms with van der Waals surface area (Å²) in [5, 5.41) is 14.1. The molecule has 1 atom stereocenters. The first-order valence-electron chi connectivity index (χ1n) is 6.98. The maximum Gasteiger partial charge on any atom is 0.331 e. The average Bonchev–Trinajstić information content (AvgIpc) is 2.90. The maximum absolute atomic E-state index is 12.2. The van der Waals surface area contributed by atoms with E-state index in [-0.39, 0.29) is 6.03 Å². The van der Waals surface area contributed by atoms with Crippen LogP contribution in [0.3, 0.4) is 0 Å². The summed E-state index contributed by atoms with van der Waals surface area (Å²) in [7, 11) is 0. The smallest absolute Gasteiger partial charge is 0.331 e. The molecule has 2 N–H and O–H groups in total. The van der Waals surface area contributed by atoms with Gasteiger partial charge in [0.2, 0.25) is 0 Å². The first-order chi connectivity index (χ1) is 9.65. The van der Waals surface area contributed by atoms with Crippen LogP contribution in [-0.4, -0.2) is 35.1 Å². The number of nitrogens with zero attached hydrogens (tertiary/aromatic N) is 1. The van der Waals surface area contributed by atoms with Crippen LogP contribution >= 0.6 is 11.3 Å². The van der Waals surface area contributed by atoms with E-state index in [9.17, 15) is 14.7 Å². The van der Waals surface area contributed by atoms with E-state index in [4.69, 9.17) is 0 Å². The molecule has 2 heterocycles. The number of aliphatic carboxylic acids is 1. The van der Waals surface area contributed by atoms with Gasteiger partial charge in [0.15, 0.2) is 6.04 Å². The number of carboxylic acid groups (broad SMARTS) is 1. The summed E-state index contributed by atoms with van der Waals surface area (Å²) in [6.45, 7) is 3.17. The highest BCUT2D eigenvalue weighted by Gasteiger charge is 2.36. The van der Waals surface area contributed by atoms with E-state index in [1.807, 2.05) is 11.4 Å². The van der Waals surface area contributed by atoms with Crippen LogP contribution in [0.4, 0.5) is 4.79 Å². The zero-order valence-electron chi connectivity index (χ0n) is 11.6. The molecule has 0 aliphatic carbocycles. The zero-order chi connectivity index (χ0) is 14.5. The third-order valence-corrected chi connectivity index (χ3v) is 4.51. The van der Waals surface area contributed by atoms with E-state index in [0.29, 0.717) is 13.1 Å². The molecule has 6 heteroatoms. The van der Waals surface area contributed by atoms with E-state index in [0.717, 1.165) is 36.1 Å². The number of carboxylic acids is 1. The van der Waals surface area contributed by atoms with Crippen LogP contribution in [-0.2, 0) is 11.2 Å². The van der Waals surface area contributed by atoms with E-state index in [2.05, 4.69) is 12.2 Å². The van der Waals surface area contributed by atoms with Gasteiger partial charge in [-0.15, -0.1) is 11.3 Å². The van der Waals surface area contributed by atoms with Crippen molar-refractivity contribution < 1.29 is 14.7 Å². The predicted octanol–water partition coefficient (Wildman–Crippen LogP) is 2.63. The summed E-state index contributed by atoms with van der Waals surface area (Å²) in [5.41, 5.74) is 0.762. The molecule has 0 fully saturated rings. The van der Waals surface area contributed by atoms with E-state index < -0.39 is 12.0 Å². The van der Waals surface area contributed by atoms with Gasteiger partial charge in [0.05, 0.1) is 0 Å². The Morgan fingerprint density at radius 3 is 3.00 bits per heavy atom. The van der Waals surface area contributed by atoms with Crippen molar-refractivity contribution in [2.75, 3.05) is 13.1 Å². The molecule has 1 aromatic heterocycles. The van der Waals surface area contributed by atoms with Crippen molar-refractivity contribution in [3.63, 3.8) is 0 Å². The molecule has 0 bridgehead atoms. The number of amides is 2. The number of urea groups is 1. The van der Waals surface area contributed by atoms with Crippen molar-refractivity contribution in [1.29, 1.82) is 0 Å². The Morgan fingerprint density at radius 2 is 2.30 bits per heavy atom. The van der Waals surface area contributed by atoms with Gasteiger partial charge in [-0.2, -0.15) is 0 Å². The van der Waals surface area contributed by atoms with Crippen molar-refractivity contribution in [3.8, 4) is 0 Å². The lowest BCUT2D eigenvalue weighted by Crippen LogP contribution is -2.48. The molecule has 0 radical (unpaired) electrons. The Labute approximate surface area is 122 Å². The van der Waals surface area contributed by atoms with Gasteiger partial charge in [0.25, 0.3) is 0 Å². The normalized spacial score (nSPS) is 17.6. The lowest BCUT2D eigenvalue weighted by atomic mass is 10.0. The molecule has 0 saturated carbocycles. The van der Waals surface area contributed by atoms with Crippen molar-refractivity contribution in [3.05, 3.63) is 21.9 Å². The molecule has 1 aromatic rings. The minimum atomic E-state index is -0.965. The summed E-state index contributed by atoms with van der Waals surface area (Å²) in [4.78, 5) is 26.2. The molecule has 0 spiro atoms. The second-order valence-corrected chi connectivity index (χ2v) is 5.92. The van der Waals surface area contributed by atoms with Gasteiger partial charge in [-0.05, 0) is 29.9 Å². The molecule has 1 aliphatic heterocycles. The molecule has 0 saturated heterocycles. The Bertz CT molecular complexity index is 487. The van der Waals surface area contributed by atoms with Crippen LogP contribution in [0.25, 0.3) is 0 Å². The summed E-state index contributed by atoms with van der Waals surface area (Å²) < 4.78 is 0. The summed E-state index contributed by atoms with van der Waals surface area (Å²) in [5.74, 6) is -0.965. The fourth-order valence-corrected chi connectivity index (χ4v) is 3.38. The number of carbonyl (C=O) groups is 2. The zero-order valence-corrected chi connectivity index (χ0v) is 12.4. The van der Waals surface area contributed by atoms with Gasteiger partial charge >= 0.3 is 12.0 Å². The molecular weight excluding hydrogens is 276 g/mol. The van der Waals surface area contributed by atoms with Gasteiger partial charge < -0.3 is 15.3 Å². The van der Waals surface area contributed by atoms with Gasteiger partial charge in [0.1, 0.15) is 0 Å². The molecule has 5 nitrogen and oxygen atoms in total. The van der Waals surface area contributed by atoms with Gasteiger partial charge in [-0.25, -0.2) is 9.59 Å². The Balaban J connectivity index is 2.04. The first-order valence-corrected chi connectivity index (χ1v) is 7.86. The van der Waals surface area contributed by atoms with Gasteiger partial charge in [-0.1, -0.05) is 19.8 Å². The topological polar surface area (TPSA) is 69.6 Å². The molecule has 0 aromatic carbocycles. The summed E-state index contributed by atoms with van der Waals surface area (Å²) >= 11 is 1.56. The number of rotatable bonds is 5. The monoisotopic (exact) mass is 296 g/mol. The minimum absolute atomic E-state index is 0.273. The highest BCUT2D eigenvalue weighted by Crippen LogP contribution is 2.33. The van der Waals surface area contributed by atoms with Crippen LogP contribution in [0.1, 0.15) is 42.7 Å². The third kappa shape index (κ3) is 3.12. The Morgan fingerprint density at radius 1 is 1.50 bits per heavy atom. The molecule has 1 aliphatic rings. The quantitative estimate of drug-likeness (QED) is 0.821. The van der Waals surface area contributed by atoms with Gasteiger partial charge in [0, 0.05) is 18.0 Å². The Hall–Kier alpha value is -1.56. The molecular formula is C14H20N2O3S. The van der Waals surface area contributed by atoms with Gasteiger partial charge in [-0.3, -0.25) is 0 Å². The fourth-order valence-electron chi connectivity index (χ4n) is 2.47. The van der Waals surface area contributed by atoms with Crippen molar-refractivity contribution >= 4 is 23.3 Å². The number of hydrogen-bond donors (Lipinski definition) is 2. The van der Waals surface area contributed by atoms with E-state index in [1.165, 1.54) is 4.90 Å². The standard InChI is InChI=1S/C14H20N2O3S/c1-2-3-4-7-15-14(19)16-8-5-11-10(6-9-20-11)12(16)13(17)18/h6,9,12H,2-5,7-8H2,1H3,(H,15,19)(H,17,18). The second kappa shape index (κ2) is 6.74. The fraction of sp³-hybridized carbons (Fsp3) is 0.571. The van der Waals surface area contributed by atoms with Crippen molar-refractivity contribution in [2.45, 2.75) is 38.6 Å². The molecule has 110 valence electrons. The molecule has 2 amide bonds. The van der Waals surface area contributed by atoms with Crippen LogP contribution in [0.5, 0.6) is 0 Å². The number of nitrogens with one attached hydrogen (secondary N) is 1. The van der Waals surface area contributed by atoms with E-state index in [1.54, 1.807) is 11.3 Å². The summed E-state index contributed by atoms with van der Waals surface area (Å²) in [6.07, 6.45) is 3.82. The second-order valence-electron chi connectivity index (χ2n) is 4.92. The third-order valence-electron chi connectivity index (χ3n) is 3.52. The maximum atomic E-state index is 12.2. The number of hydrogen-bond acceptors (Lipinski definition) is 3. The number of thiophene rings is 1. The summed E-state index contributed by atoms with van der Waals surface area (Å²) in [6, 6.07) is 0.691. The largest absolute Gasteiger partial charge is 0.479 e. The van der Waals surface area contributed by atoms with E-state index >= 15 is 0 Å². The Kier molecular flexibility index (Phi) is 5.00. The lowest BCUT2D eigenvalue weighted by Gasteiger charge is -2.33. The van der Waals surface area contributed by atoms with Crippen molar-refractivity contribution in [2.24, 2.45) is 0 Å². The minimum Gasteiger partial charge on any atom is -0.479 e. The van der Waals surface area contributed by atoms with Crippen LogP contribution in [0.2, 0.25) is 0 Å². The van der Waals surface area contributed by atoms with Crippen LogP contribution in [0, 0.1) is 0 Å². The highest BCUT2D eigenvalue weighted by molar-refractivity contribution is 7.10. The molecule has 1 unspecified atom stereocenters. The number of unbranched alkanes of at least 4 members (excludes halogenated alkanes) is 2. The number of fused-ring (bicyclic) bond motifs is 1. The highest BCUT2D eigenvalue weighted by atomic mass is 32.1. The predicted molar refractivity (Wildman–Crippen MR) is 78.0 cm³/mol. The number of carbonyl (C=O) groups excluding carboxylic acids is 1. The van der Waals surface area contributed by atoms with Crippen LogP contribution in [0.15, 0.2) is 11.4 Å².